The number of rotatable bonds is 6. The van der Waals surface area contributed by atoms with Crippen molar-refractivity contribution in [3.05, 3.63) is 33.8 Å². The lowest BCUT2D eigenvalue weighted by molar-refractivity contribution is -0.168. The van der Waals surface area contributed by atoms with E-state index in [0.29, 0.717) is 4.90 Å². The molecule has 1 aromatic rings. The summed E-state index contributed by atoms with van der Waals surface area (Å²) in [4.78, 5) is 39.0. The van der Waals surface area contributed by atoms with Crippen molar-refractivity contribution in [2.45, 2.75) is 44.8 Å². The Morgan fingerprint density at radius 1 is 1.27 bits per heavy atom. The quantitative estimate of drug-likeness (QED) is 0.467. The topological polar surface area (TPSA) is 125 Å². The molecule has 0 saturated carbocycles. The first kappa shape index (κ1) is 23.5. The fourth-order valence-electron chi connectivity index (χ4n) is 2.65. The lowest BCUT2D eigenvalue weighted by Crippen LogP contribution is -2.45. The maximum atomic E-state index is 11.7. The van der Waals surface area contributed by atoms with E-state index in [1.165, 1.54) is 33.0 Å². The third kappa shape index (κ3) is 6.11. The number of carbonyl (C=O) groups is 3. The zero-order chi connectivity index (χ0) is 22.4. The molecule has 9 nitrogen and oxygen atoms in total. The summed E-state index contributed by atoms with van der Waals surface area (Å²) < 4.78 is 21.6. The molecule has 3 atom stereocenters. The maximum Gasteiger partial charge on any atom is 0.307 e. The highest BCUT2D eigenvalue weighted by Crippen LogP contribution is 2.41. The van der Waals surface area contributed by atoms with Gasteiger partial charge < -0.3 is 18.9 Å². The highest BCUT2D eigenvalue weighted by molar-refractivity contribution is 8.03. The molecule has 1 aliphatic heterocycles. The van der Waals surface area contributed by atoms with Crippen LogP contribution in [0.15, 0.2) is 28.0 Å². The van der Waals surface area contributed by atoms with Crippen LogP contribution in [0.5, 0.6) is 0 Å². The molecule has 11 heteroatoms. The van der Waals surface area contributed by atoms with Crippen molar-refractivity contribution in [1.82, 2.24) is 4.98 Å². The average Bonchev–Trinajstić information content (AvgIpc) is 2.65. The SMILES string of the molecule is CC(=O)OCC1OC(Sc2cnc(C#N)c(Cl)c2)=C(OC(C)=O)C(C)[C@H]1OC(C)=O. The predicted molar refractivity (Wildman–Crippen MR) is 105 cm³/mol. The van der Waals surface area contributed by atoms with E-state index in [1.54, 1.807) is 6.92 Å². The summed E-state index contributed by atoms with van der Waals surface area (Å²) in [5, 5.41) is 9.31. The first-order valence-electron chi connectivity index (χ1n) is 8.75. The zero-order valence-electron chi connectivity index (χ0n) is 16.6. The number of halogens is 1. The number of pyridine rings is 1. The Hall–Kier alpha value is -2.77. The highest BCUT2D eigenvalue weighted by Gasteiger charge is 2.42. The second kappa shape index (κ2) is 10.3. The number of ether oxygens (including phenoxy) is 4. The van der Waals surface area contributed by atoms with E-state index in [0.717, 1.165) is 11.8 Å². The number of nitrogens with zero attached hydrogens (tertiary/aromatic N) is 2. The molecule has 1 aromatic heterocycles. The fourth-order valence-corrected chi connectivity index (χ4v) is 3.92. The van der Waals surface area contributed by atoms with Gasteiger partial charge in [0.2, 0.25) is 0 Å². The van der Waals surface area contributed by atoms with Gasteiger partial charge in [0.1, 0.15) is 12.7 Å². The third-order valence-electron chi connectivity index (χ3n) is 3.87. The minimum atomic E-state index is -0.858. The van der Waals surface area contributed by atoms with Crippen molar-refractivity contribution < 1.29 is 33.3 Å². The van der Waals surface area contributed by atoms with Crippen LogP contribution in [0.25, 0.3) is 0 Å². The van der Waals surface area contributed by atoms with Gasteiger partial charge in [0.05, 0.1) is 10.9 Å². The summed E-state index contributed by atoms with van der Waals surface area (Å²) >= 11 is 7.09. The van der Waals surface area contributed by atoms with Gasteiger partial charge in [-0.1, -0.05) is 18.5 Å². The second-order valence-corrected chi connectivity index (χ2v) is 7.74. The lowest BCUT2D eigenvalue weighted by Gasteiger charge is -2.37. The van der Waals surface area contributed by atoms with Crippen molar-refractivity contribution in [2.75, 3.05) is 6.61 Å². The summed E-state index contributed by atoms with van der Waals surface area (Å²) in [7, 11) is 0. The summed E-state index contributed by atoms with van der Waals surface area (Å²) in [5.74, 6) is -2.12. The molecular weight excluding hydrogens is 436 g/mol. The first-order chi connectivity index (χ1) is 14.1. The van der Waals surface area contributed by atoms with Gasteiger partial charge in [-0.15, -0.1) is 0 Å². The van der Waals surface area contributed by atoms with Gasteiger partial charge in [-0.3, -0.25) is 14.4 Å². The van der Waals surface area contributed by atoms with Crippen molar-refractivity contribution in [3.63, 3.8) is 0 Å². The van der Waals surface area contributed by atoms with Crippen LogP contribution in [0.4, 0.5) is 0 Å². The molecule has 1 aliphatic rings. The van der Waals surface area contributed by atoms with Crippen LogP contribution < -0.4 is 0 Å². The van der Waals surface area contributed by atoms with E-state index in [1.807, 2.05) is 6.07 Å². The molecule has 2 heterocycles. The molecule has 2 unspecified atom stereocenters. The predicted octanol–water partition coefficient (Wildman–Crippen LogP) is 2.96. The smallest absolute Gasteiger partial charge is 0.307 e. The molecule has 0 aliphatic carbocycles. The molecule has 0 spiro atoms. The van der Waals surface area contributed by atoms with Gasteiger partial charge in [0.15, 0.2) is 28.8 Å². The normalized spacial score (nSPS) is 20.6. The van der Waals surface area contributed by atoms with E-state index in [4.69, 9.17) is 35.8 Å². The van der Waals surface area contributed by atoms with Crippen molar-refractivity contribution in [1.29, 1.82) is 5.26 Å². The van der Waals surface area contributed by atoms with Crippen LogP contribution in [0.2, 0.25) is 5.02 Å². The standard InChI is InChI=1S/C19H19ClN2O7S/c1-9-17(27-11(3)24)16(8-26-10(2)23)29-19(18(9)28-12(4)25)30-13-5-14(20)15(6-21)22-7-13/h5,7,9,16-17H,8H2,1-4H3/t9?,16?,17-/m1/s1. The largest absolute Gasteiger partial charge is 0.473 e. The molecule has 0 N–H and O–H groups in total. The molecule has 0 bridgehead atoms. The fraction of sp³-hybridized carbons (Fsp3) is 0.421. The number of carbonyl (C=O) groups excluding carboxylic acids is 3. The van der Waals surface area contributed by atoms with Gasteiger partial charge in [0.25, 0.3) is 0 Å². The van der Waals surface area contributed by atoms with E-state index in [2.05, 4.69) is 4.98 Å². The molecule has 160 valence electrons. The zero-order valence-corrected chi connectivity index (χ0v) is 18.2. The van der Waals surface area contributed by atoms with Crippen LogP contribution in [0, 0.1) is 17.2 Å². The Labute approximate surface area is 182 Å². The lowest BCUT2D eigenvalue weighted by atomic mass is 9.96. The van der Waals surface area contributed by atoms with E-state index in [-0.39, 0.29) is 28.2 Å². The van der Waals surface area contributed by atoms with Crippen molar-refractivity contribution >= 4 is 41.3 Å². The number of esters is 3. The Balaban J connectivity index is 2.43. The van der Waals surface area contributed by atoms with Crippen LogP contribution in [-0.4, -0.2) is 41.7 Å². The average molecular weight is 455 g/mol. The van der Waals surface area contributed by atoms with Crippen LogP contribution in [-0.2, 0) is 33.3 Å². The van der Waals surface area contributed by atoms with Crippen molar-refractivity contribution in [2.24, 2.45) is 5.92 Å². The molecule has 30 heavy (non-hydrogen) atoms. The Morgan fingerprint density at radius 3 is 2.50 bits per heavy atom. The van der Waals surface area contributed by atoms with Gasteiger partial charge in [-0.25, -0.2) is 4.98 Å². The van der Waals surface area contributed by atoms with Crippen molar-refractivity contribution in [3.8, 4) is 6.07 Å². The Kier molecular flexibility index (Phi) is 8.08. The molecule has 0 amide bonds. The molecular formula is C19H19ClN2O7S. The van der Waals surface area contributed by atoms with Crippen LogP contribution in [0.3, 0.4) is 0 Å². The molecule has 0 radical (unpaired) electrons. The number of nitriles is 1. The third-order valence-corrected chi connectivity index (χ3v) is 5.10. The summed E-state index contributed by atoms with van der Waals surface area (Å²) in [6.07, 6.45) is -0.277. The van der Waals surface area contributed by atoms with Gasteiger partial charge in [0, 0.05) is 31.9 Å². The summed E-state index contributed by atoms with van der Waals surface area (Å²) in [6.45, 7) is 5.22. The molecule has 0 aromatic carbocycles. The highest BCUT2D eigenvalue weighted by atomic mass is 35.5. The molecule has 0 fully saturated rings. The number of hydrogen-bond donors (Lipinski definition) is 0. The van der Waals surface area contributed by atoms with E-state index in [9.17, 15) is 14.4 Å². The van der Waals surface area contributed by atoms with E-state index < -0.39 is 36.0 Å². The van der Waals surface area contributed by atoms with E-state index >= 15 is 0 Å². The summed E-state index contributed by atoms with van der Waals surface area (Å²) in [5.41, 5.74) is 0.0655. The number of hydrogen-bond acceptors (Lipinski definition) is 10. The minimum Gasteiger partial charge on any atom is -0.473 e. The first-order valence-corrected chi connectivity index (χ1v) is 9.95. The summed E-state index contributed by atoms with van der Waals surface area (Å²) in [6, 6.07) is 3.38. The Bertz CT molecular complexity index is 928. The maximum absolute atomic E-state index is 11.7. The number of thioether (sulfide) groups is 1. The molecule has 2 rings (SSSR count). The Morgan fingerprint density at radius 2 is 1.97 bits per heavy atom. The van der Waals surface area contributed by atoms with Gasteiger partial charge >= 0.3 is 17.9 Å². The monoisotopic (exact) mass is 454 g/mol. The second-order valence-electron chi connectivity index (χ2n) is 6.28. The van der Waals surface area contributed by atoms with Gasteiger partial charge in [-0.2, -0.15) is 5.26 Å². The minimum absolute atomic E-state index is 0.0655. The molecule has 0 saturated heterocycles. The van der Waals surface area contributed by atoms with Crippen LogP contribution in [0.1, 0.15) is 33.4 Å². The number of aromatic nitrogens is 1. The van der Waals surface area contributed by atoms with Crippen LogP contribution >= 0.6 is 23.4 Å². The van der Waals surface area contributed by atoms with Gasteiger partial charge in [-0.05, 0) is 17.8 Å².